The number of halogens is 1. The van der Waals surface area contributed by atoms with Crippen LogP contribution in [-0.4, -0.2) is 31.9 Å². The highest BCUT2D eigenvalue weighted by Crippen LogP contribution is 2.40. The van der Waals surface area contributed by atoms with Gasteiger partial charge in [0.05, 0.1) is 6.54 Å². The molecule has 0 atom stereocenters. The lowest BCUT2D eigenvalue weighted by Gasteiger charge is -2.22. The topological polar surface area (TPSA) is 73.1 Å². The number of hydrogen-bond donors (Lipinski definition) is 1. The van der Waals surface area contributed by atoms with Crippen molar-refractivity contribution in [2.75, 3.05) is 6.61 Å². The number of nitrogens with zero attached hydrogens (tertiary/aromatic N) is 4. The SMILES string of the molecule is OCCCn1nnc(-c2ccc(C3=C(Br)CCc4cc(OCc5ccccc5)ccc43)cc2)n1. The Morgan fingerprint density at radius 2 is 1.74 bits per heavy atom. The first kappa shape index (κ1) is 22.5. The third-order valence-corrected chi connectivity index (χ3v) is 6.67. The fourth-order valence-electron chi connectivity index (χ4n) is 4.13. The third kappa shape index (κ3) is 4.95. The van der Waals surface area contributed by atoms with E-state index in [0.29, 0.717) is 25.4 Å². The van der Waals surface area contributed by atoms with E-state index in [2.05, 4.69) is 73.8 Å². The molecule has 6 nitrogen and oxygen atoms in total. The van der Waals surface area contributed by atoms with Gasteiger partial charge < -0.3 is 9.84 Å². The van der Waals surface area contributed by atoms with Gasteiger partial charge in [0, 0.05) is 16.7 Å². The summed E-state index contributed by atoms with van der Waals surface area (Å²) in [6.45, 7) is 1.22. The summed E-state index contributed by atoms with van der Waals surface area (Å²) in [5.74, 6) is 1.48. The maximum absolute atomic E-state index is 8.98. The Kier molecular flexibility index (Phi) is 6.83. The summed E-state index contributed by atoms with van der Waals surface area (Å²) in [6.07, 6.45) is 2.53. The zero-order valence-electron chi connectivity index (χ0n) is 18.7. The van der Waals surface area contributed by atoms with Gasteiger partial charge in [0.2, 0.25) is 5.82 Å². The molecule has 0 spiro atoms. The van der Waals surface area contributed by atoms with Crippen molar-refractivity contribution in [2.45, 2.75) is 32.4 Å². The molecule has 0 radical (unpaired) electrons. The second kappa shape index (κ2) is 10.3. The van der Waals surface area contributed by atoms with E-state index in [1.807, 2.05) is 30.3 Å². The van der Waals surface area contributed by atoms with Gasteiger partial charge in [0.15, 0.2) is 0 Å². The van der Waals surface area contributed by atoms with Crippen LogP contribution in [0.5, 0.6) is 5.75 Å². The van der Waals surface area contributed by atoms with Crippen molar-refractivity contribution in [3.8, 4) is 17.1 Å². The first-order chi connectivity index (χ1) is 16.7. The molecule has 3 aromatic carbocycles. The molecule has 0 amide bonds. The molecule has 1 aromatic heterocycles. The molecule has 1 N–H and O–H groups in total. The second-order valence-corrected chi connectivity index (χ2v) is 9.19. The molecule has 0 fully saturated rings. The summed E-state index contributed by atoms with van der Waals surface area (Å²) < 4.78 is 7.26. The fourth-order valence-corrected chi connectivity index (χ4v) is 4.77. The Hall–Kier alpha value is -3.29. The van der Waals surface area contributed by atoms with E-state index in [1.165, 1.54) is 26.0 Å². The van der Waals surface area contributed by atoms with Gasteiger partial charge in [-0.2, -0.15) is 4.80 Å². The minimum absolute atomic E-state index is 0.109. The molecular formula is C27H25BrN4O2. The van der Waals surface area contributed by atoms with Crippen LogP contribution in [0.25, 0.3) is 17.0 Å². The van der Waals surface area contributed by atoms with Crippen molar-refractivity contribution in [3.63, 3.8) is 0 Å². The van der Waals surface area contributed by atoms with Crippen molar-refractivity contribution in [3.05, 3.63) is 99.5 Å². The number of hydrogen-bond acceptors (Lipinski definition) is 5. The highest BCUT2D eigenvalue weighted by Gasteiger charge is 2.20. The van der Waals surface area contributed by atoms with E-state index in [9.17, 15) is 0 Å². The first-order valence-corrected chi connectivity index (χ1v) is 12.2. The lowest BCUT2D eigenvalue weighted by Crippen LogP contribution is -2.05. The van der Waals surface area contributed by atoms with Crippen molar-refractivity contribution >= 4 is 21.5 Å². The van der Waals surface area contributed by atoms with Crippen LogP contribution in [0.2, 0.25) is 0 Å². The fraction of sp³-hybridized carbons (Fsp3) is 0.222. The minimum atomic E-state index is 0.109. The molecule has 34 heavy (non-hydrogen) atoms. The second-order valence-electron chi connectivity index (χ2n) is 8.24. The van der Waals surface area contributed by atoms with E-state index in [4.69, 9.17) is 9.84 Å². The highest BCUT2D eigenvalue weighted by molar-refractivity contribution is 9.11. The zero-order chi connectivity index (χ0) is 23.3. The zero-order valence-corrected chi connectivity index (χ0v) is 20.3. The molecule has 0 unspecified atom stereocenters. The summed E-state index contributed by atoms with van der Waals surface area (Å²) >= 11 is 3.82. The largest absolute Gasteiger partial charge is 0.489 e. The van der Waals surface area contributed by atoms with Crippen LogP contribution in [0.4, 0.5) is 0 Å². The van der Waals surface area contributed by atoms with Crippen molar-refractivity contribution in [2.24, 2.45) is 0 Å². The number of aromatic nitrogens is 4. The molecule has 0 saturated heterocycles. The smallest absolute Gasteiger partial charge is 0.204 e. The van der Waals surface area contributed by atoms with Crippen LogP contribution in [0.15, 0.2) is 77.3 Å². The van der Waals surface area contributed by atoms with Crippen LogP contribution >= 0.6 is 15.9 Å². The molecule has 7 heteroatoms. The maximum Gasteiger partial charge on any atom is 0.204 e. The molecule has 0 aliphatic heterocycles. The quantitative estimate of drug-likeness (QED) is 0.339. The number of aliphatic hydroxyl groups is 1. The third-order valence-electron chi connectivity index (χ3n) is 5.88. The summed E-state index contributed by atoms with van der Waals surface area (Å²) in [4.78, 5) is 1.52. The average molecular weight is 517 g/mol. The molecule has 0 bridgehead atoms. The van der Waals surface area contributed by atoms with Crippen molar-refractivity contribution in [1.29, 1.82) is 0 Å². The Bertz CT molecular complexity index is 1300. The number of aryl methyl sites for hydroxylation is 2. The highest BCUT2D eigenvalue weighted by atomic mass is 79.9. The molecule has 1 heterocycles. The number of rotatable bonds is 8. The molecule has 5 rings (SSSR count). The Balaban J connectivity index is 1.35. The van der Waals surface area contributed by atoms with Gasteiger partial charge in [-0.05, 0) is 64.4 Å². The Morgan fingerprint density at radius 1 is 0.941 bits per heavy atom. The average Bonchev–Trinajstić information content (AvgIpc) is 3.36. The van der Waals surface area contributed by atoms with Gasteiger partial charge in [-0.1, -0.05) is 76.6 Å². The van der Waals surface area contributed by atoms with Gasteiger partial charge in [-0.15, -0.1) is 10.2 Å². The van der Waals surface area contributed by atoms with Crippen molar-refractivity contribution < 1.29 is 9.84 Å². The molecule has 1 aliphatic rings. The number of tetrazole rings is 1. The summed E-state index contributed by atoms with van der Waals surface area (Å²) in [6, 6.07) is 24.9. The van der Waals surface area contributed by atoms with E-state index < -0.39 is 0 Å². The lowest BCUT2D eigenvalue weighted by molar-refractivity contribution is 0.272. The van der Waals surface area contributed by atoms with Crippen molar-refractivity contribution in [1.82, 2.24) is 20.2 Å². The van der Waals surface area contributed by atoms with Crippen LogP contribution < -0.4 is 4.74 Å². The summed E-state index contributed by atoms with van der Waals surface area (Å²) in [7, 11) is 0. The number of fused-ring (bicyclic) bond motifs is 1. The van der Waals surface area contributed by atoms with Crippen LogP contribution in [0.3, 0.4) is 0 Å². The predicted molar refractivity (Wildman–Crippen MR) is 135 cm³/mol. The molecule has 4 aromatic rings. The molecular weight excluding hydrogens is 492 g/mol. The van der Waals surface area contributed by atoms with Gasteiger partial charge in [-0.25, -0.2) is 0 Å². The molecule has 1 aliphatic carbocycles. The van der Waals surface area contributed by atoms with Gasteiger partial charge in [0.25, 0.3) is 0 Å². The normalized spacial score (nSPS) is 13.1. The number of aliphatic hydroxyl groups excluding tert-OH is 1. The first-order valence-electron chi connectivity index (χ1n) is 11.4. The minimum Gasteiger partial charge on any atom is -0.489 e. The standard InChI is InChI=1S/C27H25BrN4O2/c28-25-14-11-22-17-23(34-18-19-5-2-1-3-6-19)12-13-24(22)26(25)20-7-9-21(10-8-20)27-29-31-32(30-27)15-4-16-33/h1-3,5-10,12-13,17,33H,4,11,14-16,18H2. The van der Waals surface area contributed by atoms with Crippen LogP contribution in [0.1, 0.15) is 35.1 Å². The summed E-state index contributed by atoms with van der Waals surface area (Å²) in [5, 5.41) is 21.6. The van der Waals surface area contributed by atoms with Gasteiger partial charge in [-0.3, -0.25) is 0 Å². The van der Waals surface area contributed by atoms with E-state index in [-0.39, 0.29) is 6.61 Å². The molecule has 0 saturated carbocycles. The van der Waals surface area contributed by atoms with E-state index in [1.54, 1.807) is 0 Å². The van der Waals surface area contributed by atoms with Gasteiger partial charge in [0.1, 0.15) is 12.4 Å². The molecule has 172 valence electrons. The summed E-state index contributed by atoms with van der Waals surface area (Å²) in [5.41, 5.74) is 6.94. The maximum atomic E-state index is 8.98. The number of benzene rings is 3. The lowest BCUT2D eigenvalue weighted by atomic mass is 9.86. The van der Waals surface area contributed by atoms with Gasteiger partial charge >= 0.3 is 0 Å². The Morgan fingerprint density at radius 3 is 2.53 bits per heavy atom. The Labute approximate surface area is 207 Å². The van der Waals surface area contributed by atoms with E-state index >= 15 is 0 Å². The predicted octanol–water partition coefficient (Wildman–Crippen LogP) is 5.40. The van der Waals surface area contributed by atoms with Crippen LogP contribution in [-0.2, 0) is 19.6 Å². The van der Waals surface area contributed by atoms with Crippen LogP contribution in [0, 0.1) is 0 Å². The monoisotopic (exact) mass is 516 g/mol. The number of ether oxygens (including phenoxy) is 1. The number of allylic oxidation sites excluding steroid dienone is 1. The van der Waals surface area contributed by atoms with E-state index in [0.717, 1.165) is 35.3 Å².